The van der Waals surface area contributed by atoms with Crippen LogP contribution in [0.25, 0.3) is 0 Å². The molecule has 1 aromatic carbocycles. The highest BCUT2D eigenvalue weighted by atomic mass is 79.9. The Kier molecular flexibility index (Phi) is 4.61. The van der Waals surface area contributed by atoms with Gasteiger partial charge in [0.1, 0.15) is 5.82 Å². The van der Waals surface area contributed by atoms with Gasteiger partial charge in [-0.15, -0.1) is 0 Å². The Bertz CT molecular complexity index is 496. The lowest BCUT2D eigenvalue weighted by Gasteiger charge is -2.18. The second-order valence-electron chi connectivity index (χ2n) is 4.14. The molecule has 0 N–H and O–H groups in total. The number of pyridine rings is 1. The van der Waals surface area contributed by atoms with Gasteiger partial charge in [-0.1, -0.05) is 45.7 Å². The van der Waals surface area contributed by atoms with Crippen LogP contribution in [0.2, 0.25) is 5.02 Å². The summed E-state index contributed by atoms with van der Waals surface area (Å²) in [4.78, 5) is 6.55. The van der Waals surface area contributed by atoms with Gasteiger partial charge in [-0.05, 0) is 29.3 Å². The predicted octanol–water partition coefficient (Wildman–Crippen LogP) is 4.27. The van der Waals surface area contributed by atoms with Crippen molar-refractivity contribution in [2.24, 2.45) is 0 Å². The summed E-state index contributed by atoms with van der Waals surface area (Å²) in [6.07, 6.45) is 1.89. The second kappa shape index (κ2) is 6.21. The molecule has 0 spiro atoms. The number of nitrogens with zero attached hydrogens (tertiary/aromatic N) is 2. The van der Waals surface area contributed by atoms with Gasteiger partial charge in [0.05, 0.1) is 0 Å². The largest absolute Gasteiger partial charge is 0.355 e. The molecule has 2 rings (SSSR count). The van der Waals surface area contributed by atoms with Crippen LogP contribution in [-0.2, 0) is 11.9 Å². The van der Waals surface area contributed by atoms with Gasteiger partial charge in [0, 0.05) is 30.1 Å². The van der Waals surface area contributed by atoms with Crippen molar-refractivity contribution in [1.29, 1.82) is 0 Å². The number of hydrogen-bond donors (Lipinski definition) is 0. The normalized spacial score (nSPS) is 10.4. The highest BCUT2D eigenvalue weighted by molar-refractivity contribution is 9.08. The van der Waals surface area contributed by atoms with Gasteiger partial charge in [0.2, 0.25) is 0 Å². The molecular weight excluding hydrogens is 312 g/mol. The minimum absolute atomic E-state index is 0.765. The van der Waals surface area contributed by atoms with Crippen LogP contribution in [0.15, 0.2) is 42.6 Å². The molecule has 1 heterocycles. The smallest absolute Gasteiger partial charge is 0.128 e. The van der Waals surface area contributed by atoms with Crippen molar-refractivity contribution in [2.45, 2.75) is 11.9 Å². The molecule has 0 fully saturated rings. The number of alkyl halides is 1. The first kappa shape index (κ1) is 13.4. The fourth-order valence-corrected chi connectivity index (χ4v) is 2.12. The van der Waals surface area contributed by atoms with Crippen molar-refractivity contribution in [3.8, 4) is 0 Å². The van der Waals surface area contributed by atoms with E-state index < -0.39 is 0 Å². The van der Waals surface area contributed by atoms with E-state index in [1.807, 2.05) is 43.6 Å². The number of halogens is 2. The molecule has 0 aliphatic heterocycles. The third-order valence-corrected chi connectivity index (χ3v) is 3.59. The van der Waals surface area contributed by atoms with Gasteiger partial charge in [-0.2, -0.15) is 0 Å². The zero-order chi connectivity index (χ0) is 13.0. The molecule has 0 amide bonds. The lowest BCUT2D eigenvalue weighted by atomic mass is 10.2. The van der Waals surface area contributed by atoms with E-state index in [0.29, 0.717) is 0 Å². The Morgan fingerprint density at radius 2 is 1.78 bits per heavy atom. The van der Waals surface area contributed by atoms with E-state index in [4.69, 9.17) is 11.6 Å². The first-order valence-electron chi connectivity index (χ1n) is 5.65. The van der Waals surface area contributed by atoms with Crippen LogP contribution in [-0.4, -0.2) is 12.0 Å². The molecular formula is C14H14BrClN2. The third-order valence-electron chi connectivity index (χ3n) is 2.69. The number of aromatic nitrogens is 1. The minimum Gasteiger partial charge on any atom is -0.355 e. The Morgan fingerprint density at radius 3 is 2.33 bits per heavy atom. The summed E-state index contributed by atoms with van der Waals surface area (Å²) in [5, 5.41) is 1.60. The van der Waals surface area contributed by atoms with Gasteiger partial charge in [0.25, 0.3) is 0 Å². The van der Waals surface area contributed by atoms with Crippen molar-refractivity contribution >= 4 is 33.3 Å². The molecule has 0 atom stereocenters. The van der Waals surface area contributed by atoms with E-state index in [1.165, 1.54) is 11.1 Å². The lowest BCUT2D eigenvalue weighted by molar-refractivity contribution is 0.896. The topological polar surface area (TPSA) is 16.1 Å². The molecule has 0 aliphatic rings. The number of rotatable bonds is 4. The molecule has 18 heavy (non-hydrogen) atoms. The number of anilines is 1. The summed E-state index contributed by atoms with van der Waals surface area (Å²) in [6.45, 7) is 0.817. The van der Waals surface area contributed by atoms with E-state index >= 15 is 0 Å². The Hall–Kier alpha value is -1.06. The van der Waals surface area contributed by atoms with E-state index in [0.717, 1.165) is 22.7 Å². The van der Waals surface area contributed by atoms with Gasteiger partial charge in [-0.25, -0.2) is 4.98 Å². The van der Waals surface area contributed by atoms with Crippen LogP contribution in [0.5, 0.6) is 0 Å². The van der Waals surface area contributed by atoms with Gasteiger partial charge >= 0.3 is 0 Å². The zero-order valence-electron chi connectivity index (χ0n) is 10.1. The Morgan fingerprint density at radius 1 is 1.11 bits per heavy atom. The third kappa shape index (κ3) is 3.47. The maximum atomic E-state index is 5.87. The number of hydrogen-bond acceptors (Lipinski definition) is 2. The van der Waals surface area contributed by atoms with Crippen LogP contribution < -0.4 is 4.90 Å². The maximum Gasteiger partial charge on any atom is 0.128 e. The lowest BCUT2D eigenvalue weighted by Crippen LogP contribution is -2.17. The van der Waals surface area contributed by atoms with Crippen LogP contribution >= 0.6 is 27.5 Å². The molecule has 2 aromatic rings. The van der Waals surface area contributed by atoms with Crippen molar-refractivity contribution in [1.82, 2.24) is 4.98 Å². The summed E-state index contributed by atoms with van der Waals surface area (Å²) in [7, 11) is 2.03. The van der Waals surface area contributed by atoms with Crippen LogP contribution in [0.3, 0.4) is 0 Å². The molecule has 0 aliphatic carbocycles. The summed E-state index contributed by atoms with van der Waals surface area (Å²) >= 11 is 9.28. The van der Waals surface area contributed by atoms with Crippen LogP contribution in [0.1, 0.15) is 11.1 Å². The molecule has 0 unspecified atom stereocenters. The second-order valence-corrected chi connectivity index (χ2v) is 5.14. The molecule has 94 valence electrons. The Labute approximate surface area is 121 Å². The van der Waals surface area contributed by atoms with Crippen LogP contribution in [0.4, 0.5) is 5.82 Å². The van der Waals surface area contributed by atoms with Crippen molar-refractivity contribution in [3.63, 3.8) is 0 Å². The summed E-state index contributed by atoms with van der Waals surface area (Å²) in [5.74, 6) is 0.967. The molecule has 0 radical (unpaired) electrons. The van der Waals surface area contributed by atoms with E-state index in [2.05, 4.69) is 31.9 Å². The SMILES string of the molecule is CN(Cc1ccc(Cl)cc1)c1ccc(CBr)cn1. The van der Waals surface area contributed by atoms with Gasteiger partial charge in [0.15, 0.2) is 0 Å². The fraction of sp³-hybridized carbons (Fsp3) is 0.214. The predicted molar refractivity (Wildman–Crippen MR) is 80.4 cm³/mol. The molecule has 0 saturated heterocycles. The summed E-state index contributed by atoms with van der Waals surface area (Å²) in [5.41, 5.74) is 2.40. The maximum absolute atomic E-state index is 5.87. The van der Waals surface area contributed by atoms with Gasteiger partial charge < -0.3 is 4.90 Å². The molecule has 2 nitrogen and oxygen atoms in total. The summed E-state index contributed by atoms with van der Waals surface area (Å²) < 4.78 is 0. The Balaban J connectivity index is 2.06. The molecule has 0 saturated carbocycles. The van der Waals surface area contributed by atoms with Crippen molar-refractivity contribution < 1.29 is 0 Å². The molecule has 0 bridgehead atoms. The monoisotopic (exact) mass is 324 g/mol. The average molecular weight is 326 g/mol. The first-order chi connectivity index (χ1) is 8.69. The molecule has 1 aromatic heterocycles. The fourth-order valence-electron chi connectivity index (χ4n) is 1.67. The standard InChI is InChI=1S/C14H14BrClN2/c1-18(10-11-2-5-13(16)6-3-11)14-7-4-12(8-15)9-17-14/h2-7,9H,8,10H2,1H3. The van der Waals surface area contributed by atoms with E-state index in [9.17, 15) is 0 Å². The zero-order valence-corrected chi connectivity index (χ0v) is 12.4. The van der Waals surface area contributed by atoms with Crippen LogP contribution in [0, 0.1) is 0 Å². The summed E-state index contributed by atoms with van der Waals surface area (Å²) in [6, 6.07) is 12.0. The quantitative estimate of drug-likeness (QED) is 0.781. The van der Waals surface area contributed by atoms with Crippen molar-refractivity contribution in [3.05, 3.63) is 58.7 Å². The number of benzene rings is 1. The van der Waals surface area contributed by atoms with Crippen molar-refractivity contribution in [2.75, 3.05) is 11.9 Å². The van der Waals surface area contributed by atoms with E-state index in [1.54, 1.807) is 0 Å². The average Bonchev–Trinajstić information content (AvgIpc) is 2.41. The highest BCUT2D eigenvalue weighted by Crippen LogP contribution is 2.16. The molecule has 4 heteroatoms. The minimum atomic E-state index is 0.765. The van der Waals surface area contributed by atoms with E-state index in [-0.39, 0.29) is 0 Å². The first-order valence-corrected chi connectivity index (χ1v) is 7.15. The van der Waals surface area contributed by atoms with Gasteiger partial charge in [-0.3, -0.25) is 0 Å². The highest BCUT2D eigenvalue weighted by Gasteiger charge is 2.03.